The fraction of sp³-hybridized carbons (Fsp3) is 0.182. The second kappa shape index (κ2) is 8.70. The average molecular weight is 417 g/mol. The van der Waals surface area contributed by atoms with Crippen molar-refractivity contribution < 1.29 is 9.59 Å². The molecule has 0 unspecified atom stereocenters. The van der Waals surface area contributed by atoms with Gasteiger partial charge >= 0.3 is 6.03 Å². The number of nitrogens with one attached hydrogen (secondary N) is 2. The lowest BCUT2D eigenvalue weighted by Crippen LogP contribution is -2.28. The van der Waals surface area contributed by atoms with E-state index in [1.165, 1.54) is 0 Å². The summed E-state index contributed by atoms with van der Waals surface area (Å²) in [5.41, 5.74) is 2.44. The first-order valence-electron chi connectivity index (χ1n) is 9.79. The SMILES string of the molecule is CN(C)C(=O)Cn1ccc2cc(NC(=O)NCc3cccnc3-n3cccn3)ccc21. The minimum atomic E-state index is -0.322. The van der Waals surface area contributed by atoms with Crippen LogP contribution >= 0.6 is 0 Å². The lowest BCUT2D eigenvalue weighted by molar-refractivity contribution is -0.129. The fourth-order valence-corrected chi connectivity index (χ4v) is 3.22. The first kappa shape index (κ1) is 20.1. The molecule has 0 saturated carbocycles. The molecule has 0 spiro atoms. The van der Waals surface area contributed by atoms with Crippen molar-refractivity contribution in [1.82, 2.24) is 29.5 Å². The molecule has 4 rings (SSSR count). The number of fused-ring (bicyclic) bond motifs is 1. The molecular formula is C22H23N7O2. The summed E-state index contributed by atoms with van der Waals surface area (Å²) in [5, 5.41) is 10.8. The Morgan fingerprint density at radius 1 is 1.06 bits per heavy atom. The van der Waals surface area contributed by atoms with Gasteiger partial charge in [-0.25, -0.2) is 14.5 Å². The van der Waals surface area contributed by atoms with Crippen molar-refractivity contribution >= 4 is 28.5 Å². The number of hydrogen-bond acceptors (Lipinski definition) is 4. The van der Waals surface area contributed by atoms with Gasteiger partial charge < -0.3 is 20.1 Å². The molecule has 0 radical (unpaired) electrons. The number of carbonyl (C=O) groups excluding carboxylic acids is 2. The van der Waals surface area contributed by atoms with E-state index in [4.69, 9.17) is 0 Å². The number of anilines is 1. The first-order chi connectivity index (χ1) is 15.0. The van der Waals surface area contributed by atoms with Crippen molar-refractivity contribution in [2.24, 2.45) is 0 Å². The van der Waals surface area contributed by atoms with Crippen LogP contribution in [0.2, 0.25) is 0 Å². The summed E-state index contributed by atoms with van der Waals surface area (Å²) >= 11 is 0. The minimum absolute atomic E-state index is 0.0176. The molecule has 1 aromatic carbocycles. The molecule has 0 aliphatic carbocycles. The molecule has 4 aromatic rings. The van der Waals surface area contributed by atoms with Crippen molar-refractivity contribution in [1.29, 1.82) is 0 Å². The summed E-state index contributed by atoms with van der Waals surface area (Å²) in [6.45, 7) is 0.577. The molecule has 0 saturated heterocycles. The van der Waals surface area contributed by atoms with Gasteiger partial charge in [0.2, 0.25) is 5.91 Å². The Morgan fingerprint density at radius 2 is 1.94 bits per heavy atom. The monoisotopic (exact) mass is 417 g/mol. The van der Waals surface area contributed by atoms with E-state index in [2.05, 4.69) is 20.7 Å². The lowest BCUT2D eigenvalue weighted by Gasteiger charge is -2.12. The van der Waals surface area contributed by atoms with Crippen LogP contribution in [0.25, 0.3) is 16.7 Å². The van der Waals surface area contributed by atoms with E-state index in [0.717, 1.165) is 16.5 Å². The van der Waals surface area contributed by atoms with Crippen LogP contribution in [-0.2, 0) is 17.9 Å². The first-order valence-corrected chi connectivity index (χ1v) is 9.79. The van der Waals surface area contributed by atoms with Crippen molar-refractivity contribution in [3.63, 3.8) is 0 Å². The molecular weight excluding hydrogens is 394 g/mol. The third-order valence-corrected chi connectivity index (χ3v) is 4.86. The zero-order valence-electron chi connectivity index (χ0n) is 17.3. The Bertz CT molecular complexity index is 1210. The second-order valence-corrected chi connectivity index (χ2v) is 7.25. The second-order valence-electron chi connectivity index (χ2n) is 7.25. The van der Waals surface area contributed by atoms with E-state index < -0.39 is 0 Å². The largest absolute Gasteiger partial charge is 0.347 e. The number of amides is 3. The Hall–Kier alpha value is -4.14. The summed E-state index contributed by atoms with van der Waals surface area (Å²) in [6.07, 6.45) is 7.04. The highest BCUT2D eigenvalue weighted by atomic mass is 16.2. The highest BCUT2D eigenvalue weighted by Crippen LogP contribution is 2.21. The molecule has 0 aliphatic rings. The Morgan fingerprint density at radius 3 is 2.71 bits per heavy atom. The molecule has 0 atom stereocenters. The lowest BCUT2D eigenvalue weighted by atomic mass is 10.2. The molecule has 9 heteroatoms. The molecule has 31 heavy (non-hydrogen) atoms. The van der Waals surface area contributed by atoms with E-state index in [9.17, 15) is 9.59 Å². The quantitative estimate of drug-likeness (QED) is 0.504. The van der Waals surface area contributed by atoms with Crippen molar-refractivity contribution in [3.05, 3.63) is 72.8 Å². The number of urea groups is 1. The topological polar surface area (TPSA) is 97.1 Å². The van der Waals surface area contributed by atoms with Crippen molar-refractivity contribution in [2.75, 3.05) is 19.4 Å². The third kappa shape index (κ3) is 4.55. The van der Waals surface area contributed by atoms with E-state index >= 15 is 0 Å². The maximum Gasteiger partial charge on any atom is 0.319 e. The van der Waals surface area contributed by atoms with Gasteiger partial charge in [-0.15, -0.1) is 0 Å². The highest BCUT2D eigenvalue weighted by molar-refractivity contribution is 5.93. The van der Waals surface area contributed by atoms with Gasteiger partial charge in [-0.1, -0.05) is 6.07 Å². The van der Waals surface area contributed by atoms with Gasteiger partial charge in [0.15, 0.2) is 5.82 Å². The molecule has 3 aromatic heterocycles. The Balaban J connectivity index is 1.41. The number of carbonyl (C=O) groups is 2. The highest BCUT2D eigenvalue weighted by Gasteiger charge is 2.11. The number of hydrogen-bond donors (Lipinski definition) is 2. The average Bonchev–Trinajstić information content (AvgIpc) is 3.43. The van der Waals surface area contributed by atoms with Gasteiger partial charge in [0, 0.05) is 67.6 Å². The van der Waals surface area contributed by atoms with Crippen molar-refractivity contribution in [2.45, 2.75) is 13.1 Å². The van der Waals surface area contributed by atoms with Gasteiger partial charge in [0.1, 0.15) is 6.54 Å². The summed E-state index contributed by atoms with van der Waals surface area (Å²) in [6, 6.07) is 12.7. The third-order valence-electron chi connectivity index (χ3n) is 4.86. The minimum Gasteiger partial charge on any atom is -0.347 e. The van der Waals surface area contributed by atoms with E-state index in [-0.39, 0.29) is 18.5 Å². The Kier molecular flexibility index (Phi) is 5.65. The predicted octanol–water partition coefficient (Wildman–Crippen LogP) is 2.63. The molecule has 2 N–H and O–H groups in total. The number of likely N-dealkylation sites (N-methyl/N-ethyl adjacent to an activating group) is 1. The van der Waals surface area contributed by atoms with Gasteiger partial charge in [-0.2, -0.15) is 5.10 Å². The van der Waals surface area contributed by atoms with Gasteiger partial charge in [0.25, 0.3) is 0 Å². The van der Waals surface area contributed by atoms with Gasteiger partial charge in [-0.3, -0.25) is 4.79 Å². The number of pyridine rings is 1. The Labute approximate surface area is 179 Å². The van der Waals surface area contributed by atoms with Gasteiger partial charge in [-0.05, 0) is 36.4 Å². The normalized spacial score (nSPS) is 10.8. The number of rotatable bonds is 6. The van der Waals surface area contributed by atoms with Gasteiger partial charge in [0.05, 0.1) is 0 Å². The molecule has 3 amide bonds. The predicted molar refractivity (Wildman–Crippen MR) is 118 cm³/mol. The number of benzene rings is 1. The van der Waals surface area contributed by atoms with Crippen LogP contribution in [0.5, 0.6) is 0 Å². The number of nitrogens with zero attached hydrogens (tertiary/aromatic N) is 5. The van der Waals surface area contributed by atoms with Crippen LogP contribution in [0.1, 0.15) is 5.56 Å². The molecule has 0 bridgehead atoms. The van der Waals surface area contributed by atoms with E-state index in [1.54, 1.807) is 42.3 Å². The zero-order chi connectivity index (χ0) is 21.8. The van der Waals surface area contributed by atoms with E-state index in [1.807, 2.05) is 53.2 Å². The van der Waals surface area contributed by atoms with Crippen LogP contribution in [0.3, 0.4) is 0 Å². The summed E-state index contributed by atoms with van der Waals surface area (Å²) < 4.78 is 3.55. The standard InChI is InChI=1S/C22H23N7O2/c1-27(2)20(30)15-28-12-8-16-13-18(6-7-19(16)28)26-22(31)24-14-17-5-3-9-23-21(17)29-11-4-10-25-29/h3-13H,14-15H2,1-2H3,(H2,24,26,31). The van der Waals surface area contributed by atoms with E-state index in [0.29, 0.717) is 18.1 Å². The van der Waals surface area contributed by atoms with Crippen LogP contribution in [-0.4, -0.2) is 50.3 Å². The van der Waals surface area contributed by atoms with Crippen molar-refractivity contribution in [3.8, 4) is 5.82 Å². The number of aromatic nitrogens is 4. The molecule has 9 nitrogen and oxygen atoms in total. The fourth-order valence-electron chi connectivity index (χ4n) is 3.22. The molecule has 158 valence electrons. The molecule has 0 aliphatic heterocycles. The molecule has 0 fully saturated rings. The summed E-state index contributed by atoms with van der Waals surface area (Å²) in [4.78, 5) is 30.3. The van der Waals surface area contributed by atoms with Crippen LogP contribution in [0, 0.1) is 0 Å². The van der Waals surface area contributed by atoms with Crippen LogP contribution in [0.4, 0.5) is 10.5 Å². The van der Waals surface area contributed by atoms with Crippen LogP contribution < -0.4 is 10.6 Å². The maximum absolute atomic E-state index is 12.4. The summed E-state index contributed by atoms with van der Waals surface area (Å²) in [5.74, 6) is 0.687. The maximum atomic E-state index is 12.4. The smallest absolute Gasteiger partial charge is 0.319 e. The zero-order valence-corrected chi connectivity index (χ0v) is 17.3. The van der Waals surface area contributed by atoms with Crippen LogP contribution in [0.15, 0.2) is 67.3 Å². The molecule has 3 heterocycles. The summed E-state index contributed by atoms with van der Waals surface area (Å²) in [7, 11) is 3.47.